The molecule has 34 heavy (non-hydrogen) atoms. The van der Waals surface area contributed by atoms with E-state index in [0.717, 1.165) is 0 Å². The first-order valence-electron chi connectivity index (χ1n) is 14.7. The van der Waals surface area contributed by atoms with Gasteiger partial charge in [0.15, 0.2) is 0 Å². The summed E-state index contributed by atoms with van der Waals surface area (Å²) in [6.07, 6.45) is 25.7. The van der Waals surface area contributed by atoms with Crippen LogP contribution in [0.25, 0.3) is 0 Å². The first-order valence-corrected chi connectivity index (χ1v) is 14.7. The minimum absolute atomic E-state index is 0.331. The number of hydrogen-bond donors (Lipinski definition) is 1. The molecule has 3 nitrogen and oxygen atoms in total. The van der Waals surface area contributed by atoms with Gasteiger partial charge in [0.1, 0.15) is 0 Å². The Morgan fingerprint density at radius 1 is 0.559 bits per heavy atom. The van der Waals surface area contributed by atoms with Crippen molar-refractivity contribution in [2.45, 2.75) is 136 Å². The fraction of sp³-hybridized carbons (Fsp3) is 0.774. The Morgan fingerprint density at radius 3 is 1.18 bits per heavy atom. The zero-order chi connectivity index (χ0) is 25.1. The second-order valence-corrected chi connectivity index (χ2v) is 9.82. The Bertz CT molecular complexity index is 493. The number of aromatic carboxylic acids is 1. The van der Waals surface area contributed by atoms with E-state index in [9.17, 15) is 4.79 Å². The van der Waals surface area contributed by atoms with Crippen molar-refractivity contribution >= 4 is 5.97 Å². The molecule has 0 atom stereocenters. The third-order valence-corrected chi connectivity index (χ3v) is 6.50. The zero-order valence-corrected chi connectivity index (χ0v) is 23.0. The molecule has 0 spiro atoms. The van der Waals surface area contributed by atoms with Crippen LogP contribution >= 0.6 is 0 Å². The molecule has 0 amide bonds. The molecule has 0 bridgehead atoms. The lowest BCUT2D eigenvalue weighted by Gasteiger charge is -2.22. The minimum atomic E-state index is -0.879. The standard InChI is InChI=1S/C24H51N.C7H6O2/c1-4-7-10-13-16-19-22-25(23-20-17-14-11-8-5-2)24-21-18-15-12-9-6-3;8-7(9)6-4-2-1-3-5-6/h4-24H2,1-3H3;1-5H,(H,8,9). The molecule has 0 aliphatic heterocycles. The van der Waals surface area contributed by atoms with Gasteiger partial charge in [-0.25, -0.2) is 4.79 Å². The largest absolute Gasteiger partial charge is 0.478 e. The number of carbonyl (C=O) groups is 1. The molecular formula is C31H57NO2. The predicted molar refractivity (Wildman–Crippen MR) is 150 cm³/mol. The molecule has 198 valence electrons. The van der Waals surface area contributed by atoms with Crippen LogP contribution < -0.4 is 0 Å². The van der Waals surface area contributed by atoms with Crippen molar-refractivity contribution in [3.8, 4) is 0 Å². The maximum Gasteiger partial charge on any atom is 0.335 e. The van der Waals surface area contributed by atoms with Crippen LogP contribution in [0.15, 0.2) is 30.3 Å². The first kappa shape index (κ1) is 32.7. The molecule has 1 aromatic carbocycles. The third kappa shape index (κ3) is 22.4. The topological polar surface area (TPSA) is 40.5 Å². The Balaban J connectivity index is 0.000000999. The Kier molecular flexibility index (Phi) is 25.2. The fourth-order valence-corrected chi connectivity index (χ4v) is 4.26. The lowest BCUT2D eigenvalue weighted by molar-refractivity contribution is 0.0697. The smallest absolute Gasteiger partial charge is 0.335 e. The second-order valence-electron chi connectivity index (χ2n) is 9.82. The Morgan fingerprint density at radius 2 is 0.882 bits per heavy atom. The van der Waals surface area contributed by atoms with Gasteiger partial charge in [-0.3, -0.25) is 0 Å². The van der Waals surface area contributed by atoms with Crippen molar-refractivity contribution in [3.05, 3.63) is 35.9 Å². The fourth-order valence-electron chi connectivity index (χ4n) is 4.26. The van der Waals surface area contributed by atoms with Crippen LogP contribution in [-0.4, -0.2) is 35.6 Å². The van der Waals surface area contributed by atoms with Gasteiger partial charge in [0.2, 0.25) is 0 Å². The van der Waals surface area contributed by atoms with E-state index in [1.165, 1.54) is 135 Å². The molecule has 1 N–H and O–H groups in total. The zero-order valence-electron chi connectivity index (χ0n) is 23.0. The van der Waals surface area contributed by atoms with Gasteiger partial charge in [-0.1, -0.05) is 135 Å². The molecule has 0 fully saturated rings. The molecular weight excluding hydrogens is 418 g/mol. The average Bonchev–Trinajstić information content (AvgIpc) is 2.86. The van der Waals surface area contributed by atoms with Crippen LogP contribution in [0.2, 0.25) is 0 Å². The van der Waals surface area contributed by atoms with Crippen molar-refractivity contribution in [2.24, 2.45) is 0 Å². The van der Waals surface area contributed by atoms with Crippen LogP contribution in [0, 0.1) is 0 Å². The number of carboxylic acid groups (broad SMARTS) is 1. The van der Waals surface area contributed by atoms with Gasteiger partial charge < -0.3 is 10.0 Å². The number of unbranched alkanes of at least 4 members (excludes halogenated alkanes) is 15. The molecule has 1 aromatic rings. The molecule has 0 aliphatic carbocycles. The van der Waals surface area contributed by atoms with Crippen LogP contribution in [0.5, 0.6) is 0 Å². The quantitative estimate of drug-likeness (QED) is 0.170. The Hall–Kier alpha value is -1.35. The first-order chi connectivity index (χ1) is 16.7. The van der Waals surface area contributed by atoms with Crippen molar-refractivity contribution < 1.29 is 9.90 Å². The second kappa shape index (κ2) is 26.3. The monoisotopic (exact) mass is 475 g/mol. The number of hydrogen-bond acceptors (Lipinski definition) is 2. The van der Waals surface area contributed by atoms with Crippen LogP contribution in [-0.2, 0) is 0 Å². The highest BCUT2D eigenvalue weighted by molar-refractivity contribution is 5.87. The van der Waals surface area contributed by atoms with E-state index in [1.54, 1.807) is 30.3 Å². The molecule has 0 radical (unpaired) electrons. The number of carboxylic acids is 1. The molecule has 1 rings (SSSR count). The molecule has 3 heteroatoms. The number of benzene rings is 1. The Labute approximate surface area is 212 Å². The van der Waals surface area contributed by atoms with E-state index in [1.807, 2.05) is 0 Å². The van der Waals surface area contributed by atoms with Crippen LogP contribution in [0.4, 0.5) is 0 Å². The molecule has 0 saturated heterocycles. The lowest BCUT2D eigenvalue weighted by atomic mass is 10.1. The summed E-state index contributed by atoms with van der Waals surface area (Å²) in [6.45, 7) is 11.0. The van der Waals surface area contributed by atoms with Crippen molar-refractivity contribution in [3.63, 3.8) is 0 Å². The van der Waals surface area contributed by atoms with Gasteiger partial charge in [-0.05, 0) is 51.0 Å². The summed E-state index contributed by atoms with van der Waals surface area (Å²) in [4.78, 5) is 13.0. The van der Waals surface area contributed by atoms with Gasteiger partial charge in [-0.15, -0.1) is 0 Å². The van der Waals surface area contributed by atoms with E-state index in [4.69, 9.17) is 5.11 Å². The lowest BCUT2D eigenvalue weighted by Crippen LogP contribution is -2.27. The van der Waals surface area contributed by atoms with E-state index in [2.05, 4.69) is 25.7 Å². The van der Waals surface area contributed by atoms with Gasteiger partial charge in [0, 0.05) is 0 Å². The molecule has 0 aromatic heterocycles. The van der Waals surface area contributed by atoms with Crippen molar-refractivity contribution in [1.82, 2.24) is 4.90 Å². The van der Waals surface area contributed by atoms with E-state index >= 15 is 0 Å². The summed E-state index contributed by atoms with van der Waals surface area (Å²) >= 11 is 0. The summed E-state index contributed by atoms with van der Waals surface area (Å²) < 4.78 is 0. The summed E-state index contributed by atoms with van der Waals surface area (Å²) in [7, 11) is 0. The van der Waals surface area contributed by atoms with E-state index in [-0.39, 0.29) is 0 Å². The third-order valence-electron chi connectivity index (χ3n) is 6.50. The SMILES string of the molecule is CCCCCCCCN(CCCCCCCC)CCCCCCCC.O=C(O)c1ccccc1. The van der Waals surface area contributed by atoms with Crippen LogP contribution in [0.3, 0.4) is 0 Å². The van der Waals surface area contributed by atoms with Gasteiger partial charge in [0.25, 0.3) is 0 Å². The van der Waals surface area contributed by atoms with Gasteiger partial charge >= 0.3 is 5.97 Å². The molecule has 0 saturated carbocycles. The highest BCUT2D eigenvalue weighted by atomic mass is 16.4. The predicted octanol–water partition coefficient (Wildman–Crippen LogP) is 9.75. The molecule has 0 unspecified atom stereocenters. The molecule has 0 aliphatic rings. The highest BCUT2D eigenvalue weighted by Gasteiger charge is 2.05. The van der Waals surface area contributed by atoms with Crippen LogP contribution in [0.1, 0.15) is 147 Å². The van der Waals surface area contributed by atoms with E-state index < -0.39 is 5.97 Å². The average molecular weight is 476 g/mol. The number of nitrogens with zero attached hydrogens (tertiary/aromatic N) is 1. The van der Waals surface area contributed by atoms with E-state index in [0.29, 0.717) is 5.56 Å². The summed E-state index contributed by atoms with van der Waals surface area (Å²) in [5.41, 5.74) is 0.331. The maximum absolute atomic E-state index is 10.2. The van der Waals surface area contributed by atoms with Crippen molar-refractivity contribution in [1.29, 1.82) is 0 Å². The van der Waals surface area contributed by atoms with Crippen molar-refractivity contribution in [2.75, 3.05) is 19.6 Å². The number of rotatable bonds is 22. The maximum atomic E-state index is 10.2. The van der Waals surface area contributed by atoms with Gasteiger partial charge in [0.05, 0.1) is 5.56 Å². The summed E-state index contributed by atoms with van der Waals surface area (Å²) in [6, 6.07) is 8.30. The molecule has 0 heterocycles. The highest BCUT2D eigenvalue weighted by Crippen LogP contribution is 2.11. The summed E-state index contributed by atoms with van der Waals surface area (Å²) in [5.74, 6) is -0.879. The van der Waals surface area contributed by atoms with Gasteiger partial charge in [-0.2, -0.15) is 0 Å². The normalized spacial score (nSPS) is 10.8. The minimum Gasteiger partial charge on any atom is -0.478 e. The summed E-state index contributed by atoms with van der Waals surface area (Å²) in [5, 5.41) is 8.38.